The summed E-state index contributed by atoms with van der Waals surface area (Å²) in [5.41, 5.74) is 0.00400. The van der Waals surface area contributed by atoms with E-state index >= 15 is 0 Å². The van der Waals surface area contributed by atoms with E-state index in [1.54, 1.807) is 4.90 Å². The zero-order chi connectivity index (χ0) is 13.3. The van der Waals surface area contributed by atoms with Gasteiger partial charge in [0.25, 0.3) is 5.91 Å². The van der Waals surface area contributed by atoms with E-state index in [0.29, 0.717) is 19.6 Å². The normalized spacial score (nSPS) is 20.0. The molecular weight excluding hydrogens is 262 g/mol. The van der Waals surface area contributed by atoms with Gasteiger partial charge < -0.3 is 10.2 Å². The molecule has 0 spiro atoms. The zero-order valence-corrected chi connectivity index (χ0v) is 10.6. The highest BCUT2D eigenvalue weighted by Crippen LogP contribution is 2.22. The third-order valence-corrected chi connectivity index (χ3v) is 3.32. The molecule has 1 aliphatic heterocycles. The number of rotatable bonds is 1. The van der Waals surface area contributed by atoms with Crippen molar-refractivity contribution in [1.82, 2.24) is 10.2 Å². The average Bonchev–Trinajstić information content (AvgIpc) is 2.33. The van der Waals surface area contributed by atoms with Gasteiger partial charge in [-0.25, -0.2) is 8.78 Å². The molecule has 0 bridgehead atoms. The largest absolute Gasteiger partial charge is 0.333 e. The number of carbonyl (C=O) groups excluding carboxylic acids is 1. The summed E-state index contributed by atoms with van der Waals surface area (Å²) in [7, 11) is 0. The van der Waals surface area contributed by atoms with Gasteiger partial charge in [-0.1, -0.05) is 11.6 Å². The van der Waals surface area contributed by atoms with Gasteiger partial charge in [-0.3, -0.25) is 4.79 Å². The van der Waals surface area contributed by atoms with Crippen LogP contribution in [-0.2, 0) is 0 Å². The molecule has 0 aliphatic carbocycles. The van der Waals surface area contributed by atoms with Crippen LogP contribution in [0, 0.1) is 11.6 Å². The summed E-state index contributed by atoms with van der Waals surface area (Å²) < 4.78 is 26.1. The molecule has 0 unspecified atom stereocenters. The van der Waals surface area contributed by atoms with Crippen molar-refractivity contribution < 1.29 is 13.6 Å². The van der Waals surface area contributed by atoms with Crippen LogP contribution in [0.5, 0.6) is 0 Å². The maximum atomic E-state index is 13.2. The molecule has 1 aliphatic rings. The van der Waals surface area contributed by atoms with Crippen molar-refractivity contribution in [3.63, 3.8) is 0 Å². The van der Waals surface area contributed by atoms with Crippen molar-refractivity contribution >= 4 is 17.5 Å². The van der Waals surface area contributed by atoms with Crippen molar-refractivity contribution in [1.29, 1.82) is 0 Å². The molecule has 18 heavy (non-hydrogen) atoms. The minimum absolute atomic E-state index is 0.00400. The number of benzene rings is 1. The van der Waals surface area contributed by atoms with Crippen LogP contribution in [0.15, 0.2) is 12.1 Å². The summed E-state index contributed by atoms with van der Waals surface area (Å²) in [6.07, 6.45) is 0. The first-order valence-corrected chi connectivity index (χ1v) is 6.04. The van der Waals surface area contributed by atoms with Crippen LogP contribution in [-0.4, -0.2) is 36.5 Å². The lowest BCUT2D eigenvalue weighted by Crippen LogP contribution is -2.52. The second-order valence-electron chi connectivity index (χ2n) is 4.30. The molecule has 1 atom stereocenters. The molecule has 0 aromatic heterocycles. The van der Waals surface area contributed by atoms with Crippen LogP contribution in [0.3, 0.4) is 0 Å². The molecule has 2 rings (SSSR count). The zero-order valence-electron chi connectivity index (χ0n) is 9.84. The lowest BCUT2D eigenvalue weighted by atomic mass is 10.1. The van der Waals surface area contributed by atoms with Crippen LogP contribution < -0.4 is 5.32 Å². The summed E-state index contributed by atoms with van der Waals surface area (Å²) in [4.78, 5) is 13.8. The fourth-order valence-corrected chi connectivity index (χ4v) is 2.22. The maximum absolute atomic E-state index is 13.2. The van der Waals surface area contributed by atoms with Crippen LogP contribution in [0.25, 0.3) is 0 Å². The number of hydrogen-bond acceptors (Lipinski definition) is 2. The van der Waals surface area contributed by atoms with Gasteiger partial charge in [-0.05, 0) is 19.1 Å². The Morgan fingerprint density at radius 2 is 2.11 bits per heavy atom. The summed E-state index contributed by atoms with van der Waals surface area (Å²) in [6, 6.07) is 1.68. The van der Waals surface area contributed by atoms with E-state index in [4.69, 9.17) is 11.6 Å². The Kier molecular flexibility index (Phi) is 3.82. The number of nitrogens with zero attached hydrogens (tertiary/aromatic N) is 1. The van der Waals surface area contributed by atoms with Crippen molar-refractivity contribution in [2.75, 3.05) is 19.6 Å². The minimum atomic E-state index is -1.06. The Labute approximate surface area is 109 Å². The Morgan fingerprint density at radius 3 is 2.78 bits per heavy atom. The molecule has 1 aromatic carbocycles. The molecule has 6 heteroatoms. The molecule has 1 N–H and O–H groups in total. The average molecular weight is 275 g/mol. The molecule has 98 valence electrons. The lowest BCUT2D eigenvalue weighted by molar-refractivity contribution is 0.0655. The Morgan fingerprint density at radius 1 is 1.44 bits per heavy atom. The highest BCUT2D eigenvalue weighted by molar-refractivity contribution is 6.33. The molecular formula is C12H13ClF2N2O. The van der Waals surface area contributed by atoms with Gasteiger partial charge in [0.05, 0.1) is 10.6 Å². The monoisotopic (exact) mass is 274 g/mol. The number of nitrogens with one attached hydrogen (secondary N) is 1. The molecule has 3 nitrogen and oxygen atoms in total. The van der Waals surface area contributed by atoms with Gasteiger partial charge in [-0.2, -0.15) is 0 Å². The van der Waals surface area contributed by atoms with E-state index in [9.17, 15) is 13.6 Å². The van der Waals surface area contributed by atoms with E-state index < -0.39 is 11.6 Å². The smallest absolute Gasteiger partial charge is 0.255 e. The van der Waals surface area contributed by atoms with Crippen LogP contribution in [0.2, 0.25) is 5.02 Å². The molecule has 1 fully saturated rings. The molecule has 1 aromatic rings. The van der Waals surface area contributed by atoms with Crippen molar-refractivity contribution in [2.45, 2.75) is 13.0 Å². The van der Waals surface area contributed by atoms with Crippen LogP contribution in [0.1, 0.15) is 17.3 Å². The first kappa shape index (κ1) is 13.2. The molecule has 0 saturated carbocycles. The summed E-state index contributed by atoms with van der Waals surface area (Å²) in [5, 5.41) is 3.08. The highest BCUT2D eigenvalue weighted by atomic mass is 35.5. The number of amides is 1. The maximum Gasteiger partial charge on any atom is 0.255 e. The summed E-state index contributed by atoms with van der Waals surface area (Å²) in [5.74, 6) is -2.48. The quantitative estimate of drug-likeness (QED) is 0.795. The first-order chi connectivity index (χ1) is 8.50. The molecule has 1 amide bonds. The topological polar surface area (TPSA) is 32.3 Å². The molecule has 1 heterocycles. The van der Waals surface area contributed by atoms with E-state index in [0.717, 1.165) is 12.1 Å². The van der Waals surface area contributed by atoms with Crippen molar-refractivity contribution in [2.24, 2.45) is 0 Å². The number of carbonyl (C=O) groups is 1. The predicted octanol–water partition coefficient (Wildman–Crippen LogP) is 2.05. The van der Waals surface area contributed by atoms with Gasteiger partial charge in [-0.15, -0.1) is 0 Å². The van der Waals surface area contributed by atoms with E-state index in [1.807, 2.05) is 6.92 Å². The standard InChI is InChI=1S/C12H13ClF2N2O/c1-7-6-16-2-3-17(7)12(18)8-4-10(14)11(15)5-9(8)13/h4-5,7,16H,2-3,6H2,1H3/t7-/m1/s1. The number of piperazine rings is 1. The fourth-order valence-electron chi connectivity index (χ4n) is 1.98. The van der Waals surface area contributed by atoms with E-state index in [2.05, 4.69) is 5.32 Å². The van der Waals surface area contributed by atoms with Gasteiger partial charge in [0.2, 0.25) is 0 Å². The second kappa shape index (κ2) is 5.20. The molecule has 1 saturated heterocycles. The third kappa shape index (κ3) is 2.47. The van der Waals surface area contributed by atoms with Gasteiger partial charge >= 0.3 is 0 Å². The Hall–Kier alpha value is -1.20. The predicted molar refractivity (Wildman–Crippen MR) is 64.7 cm³/mol. The number of hydrogen-bond donors (Lipinski definition) is 1. The van der Waals surface area contributed by atoms with Gasteiger partial charge in [0.1, 0.15) is 0 Å². The second-order valence-corrected chi connectivity index (χ2v) is 4.71. The highest BCUT2D eigenvalue weighted by Gasteiger charge is 2.26. The Balaban J connectivity index is 2.30. The lowest BCUT2D eigenvalue weighted by Gasteiger charge is -2.34. The third-order valence-electron chi connectivity index (χ3n) is 3.00. The molecule has 0 radical (unpaired) electrons. The summed E-state index contributed by atoms with van der Waals surface area (Å²) in [6.45, 7) is 3.76. The van der Waals surface area contributed by atoms with Crippen molar-refractivity contribution in [3.05, 3.63) is 34.4 Å². The van der Waals surface area contributed by atoms with Crippen LogP contribution >= 0.6 is 11.6 Å². The Bertz CT molecular complexity index is 481. The SMILES string of the molecule is C[C@@H]1CNCCN1C(=O)c1cc(F)c(F)cc1Cl. The fraction of sp³-hybridized carbons (Fsp3) is 0.417. The van der Waals surface area contributed by atoms with E-state index in [1.165, 1.54) is 0 Å². The van der Waals surface area contributed by atoms with Gasteiger partial charge in [0.15, 0.2) is 11.6 Å². The number of halogens is 3. The first-order valence-electron chi connectivity index (χ1n) is 5.67. The van der Waals surface area contributed by atoms with Crippen molar-refractivity contribution in [3.8, 4) is 0 Å². The van der Waals surface area contributed by atoms with Gasteiger partial charge in [0, 0.05) is 25.7 Å². The minimum Gasteiger partial charge on any atom is -0.333 e. The van der Waals surface area contributed by atoms with Crippen LogP contribution in [0.4, 0.5) is 8.78 Å². The van der Waals surface area contributed by atoms with E-state index in [-0.39, 0.29) is 22.5 Å². The summed E-state index contributed by atoms with van der Waals surface area (Å²) >= 11 is 5.79.